The van der Waals surface area contributed by atoms with E-state index in [4.69, 9.17) is 5.73 Å². The highest BCUT2D eigenvalue weighted by Gasteiger charge is 2.04. The van der Waals surface area contributed by atoms with Crippen LogP contribution in [0.25, 0.3) is 0 Å². The molecule has 0 bridgehead atoms. The first-order valence-electron chi connectivity index (χ1n) is 6.45. The van der Waals surface area contributed by atoms with Crippen LogP contribution in [-0.2, 0) is 14.4 Å². The Balaban J connectivity index is -0.000000445. The van der Waals surface area contributed by atoms with Gasteiger partial charge in [0.15, 0.2) is 0 Å². The Morgan fingerprint density at radius 2 is 1.26 bits per heavy atom. The summed E-state index contributed by atoms with van der Waals surface area (Å²) in [6.45, 7) is 7.81. The van der Waals surface area contributed by atoms with Gasteiger partial charge in [-0.05, 0) is 0 Å². The molecule has 3 amide bonds. The average molecular weight is 276 g/mol. The predicted octanol–water partition coefficient (Wildman–Crippen LogP) is -0.634. The number of carbonyl (C=O) groups is 3. The highest BCUT2D eigenvalue weighted by molar-refractivity contribution is 5.88. The molecule has 7 nitrogen and oxygen atoms in total. The molecule has 0 saturated carbocycles. The van der Waals surface area contributed by atoms with Crippen molar-refractivity contribution in [1.82, 2.24) is 16.0 Å². The van der Waals surface area contributed by atoms with Crippen molar-refractivity contribution in [1.29, 1.82) is 0 Å². The predicted molar refractivity (Wildman–Crippen MR) is 76.5 cm³/mol. The van der Waals surface area contributed by atoms with E-state index in [1.165, 1.54) is 13.5 Å². The summed E-state index contributed by atoms with van der Waals surface area (Å²) in [7, 11) is 1.46. The summed E-state index contributed by atoms with van der Waals surface area (Å²) >= 11 is 0. The highest BCUT2D eigenvalue weighted by atomic mass is 16.2. The van der Waals surface area contributed by atoms with Crippen LogP contribution in [0.4, 0.5) is 0 Å². The summed E-state index contributed by atoms with van der Waals surface area (Å²) in [5, 5.41) is 6.91. The summed E-state index contributed by atoms with van der Waals surface area (Å²) in [6, 6.07) is 0. The van der Waals surface area contributed by atoms with E-state index >= 15 is 0 Å². The third-order valence-electron chi connectivity index (χ3n) is 1.36. The third kappa shape index (κ3) is 22.1. The SMILES string of the molecule is CC.CCC.CNC(=O)CNC(=O)CNC(=O)CN. The Morgan fingerprint density at radius 3 is 1.63 bits per heavy atom. The molecule has 0 fully saturated rings. The van der Waals surface area contributed by atoms with Crippen LogP contribution in [0.15, 0.2) is 0 Å². The monoisotopic (exact) mass is 276 g/mol. The van der Waals surface area contributed by atoms with Crippen LogP contribution in [0.5, 0.6) is 0 Å². The second-order valence-electron chi connectivity index (χ2n) is 3.14. The number of nitrogens with one attached hydrogen (secondary N) is 3. The molecule has 114 valence electrons. The van der Waals surface area contributed by atoms with Crippen LogP contribution in [-0.4, -0.2) is 44.4 Å². The zero-order chi connectivity index (χ0) is 15.7. The number of hydrogen-bond donors (Lipinski definition) is 4. The second kappa shape index (κ2) is 18.7. The fourth-order valence-electron chi connectivity index (χ4n) is 0.581. The first-order valence-corrected chi connectivity index (χ1v) is 6.45. The quantitative estimate of drug-likeness (QED) is 0.535. The first kappa shape index (κ1) is 22.5. The molecule has 0 spiro atoms. The van der Waals surface area contributed by atoms with Crippen LogP contribution >= 0.6 is 0 Å². The van der Waals surface area contributed by atoms with Gasteiger partial charge in [-0.15, -0.1) is 0 Å². The average Bonchev–Trinajstić information content (AvgIpc) is 2.44. The van der Waals surface area contributed by atoms with E-state index in [9.17, 15) is 14.4 Å². The summed E-state index contributed by atoms with van der Waals surface area (Å²) in [4.78, 5) is 32.2. The zero-order valence-electron chi connectivity index (χ0n) is 12.6. The Bertz CT molecular complexity index is 223. The maximum Gasteiger partial charge on any atom is 0.239 e. The standard InChI is InChI=1S/C7H14N4O3.C3H8.C2H6/c1-9-6(13)3-11-7(14)4-10-5(12)2-8;1-3-2;1-2/h2-4,8H2,1H3,(H,9,13)(H,10,12)(H,11,14);3H2,1-2H3;1-2H3. The van der Waals surface area contributed by atoms with Crippen molar-refractivity contribution < 1.29 is 14.4 Å². The highest BCUT2D eigenvalue weighted by Crippen LogP contribution is 1.66. The van der Waals surface area contributed by atoms with Crippen LogP contribution in [0.2, 0.25) is 0 Å². The number of hydrogen-bond acceptors (Lipinski definition) is 4. The van der Waals surface area contributed by atoms with Gasteiger partial charge in [0.25, 0.3) is 0 Å². The van der Waals surface area contributed by atoms with E-state index in [1.807, 2.05) is 13.8 Å². The molecular formula is C12H28N4O3. The molecule has 0 radical (unpaired) electrons. The molecule has 0 atom stereocenters. The Labute approximate surface area is 115 Å². The van der Waals surface area contributed by atoms with Crippen LogP contribution < -0.4 is 21.7 Å². The molecule has 0 saturated heterocycles. The molecule has 0 aliphatic rings. The molecule has 0 rings (SSSR count). The maximum absolute atomic E-state index is 10.9. The summed E-state index contributed by atoms with van der Waals surface area (Å²) < 4.78 is 0. The van der Waals surface area contributed by atoms with Gasteiger partial charge in [-0.25, -0.2) is 0 Å². The minimum Gasteiger partial charge on any atom is -0.358 e. The molecule has 0 aliphatic carbocycles. The molecule has 7 heteroatoms. The van der Waals surface area contributed by atoms with Gasteiger partial charge in [-0.2, -0.15) is 0 Å². The van der Waals surface area contributed by atoms with Crippen LogP contribution in [0.3, 0.4) is 0 Å². The molecule has 0 aromatic carbocycles. The lowest BCUT2D eigenvalue weighted by Gasteiger charge is -2.04. The molecule has 0 aromatic heterocycles. The second-order valence-corrected chi connectivity index (χ2v) is 3.14. The number of nitrogens with two attached hydrogens (primary N) is 1. The van der Waals surface area contributed by atoms with Gasteiger partial charge >= 0.3 is 0 Å². The van der Waals surface area contributed by atoms with Crippen LogP contribution in [0, 0.1) is 0 Å². The number of amides is 3. The molecule has 0 heterocycles. The Kier molecular flexibility index (Phi) is 22.2. The van der Waals surface area contributed by atoms with E-state index in [1.54, 1.807) is 0 Å². The van der Waals surface area contributed by atoms with E-state index < -0.39 is 11.8 Å². The van der Waals surface area contributed by atoms with E-state index in [0.717, 1.165) is 0 Å². The van der Waals surface area contributed by atoms with Crippen molar-refractivity contribution in [2.75, 3.05) is 26.7 Å². The molecule has 0 aromatic rings. The lowest BCUT2D eigenvalue weighted by atomic mass is 10.5. The van der Waals surface area contributed by atoms with Gasteiger partial charge in [0, 0.05) is 7.05 Å². The number of rotatable bonds is 5. The van der Waals surface area contributed by atoms with Gasteiger partial charge < -0.3 is 21.7 Å². The molecule has 5 N–H and O–H groups in total. The first-order chi connectivity index (χ1) is 9.01. The van der Waals surface area contributed by atoms with Crippen molar-refractivity contribution >= 4 is 17.7 Å². The molecule has 19 heavy (non-hydrogen) atoms. The van der Waals surface area contributed by atoms with Gasteiger partial charge in [-0.3, -0.25) is 14.4 Å². The summed E-state index contributed by atoms with van der Waals surface area (Å²) in [5.41, 5.74) is 4.99. The van der Waals surface area contributed by atoms with Crippen molar-refractivity contribution in [3.63, 3.8) is 0 Å². The number of likely N-dealkylation sites (N-methyl/N-ethyl adjacent to an activating group) is 1. The minimum absolute atomic E-state index is 0.103. The van der Waals surface area contributed by atoms with E-state index in [0.29, 0.717) is 0 Å². The Morgan fingerprint density at radius 1 is 0.895 bits per heavy atom. The van der Waals surface area contributed by atoms with Gasteiger partial charge in [0.2, 0.25) is 17.7 Å². The van der Waals surface area contributed by atoms with Crippen molar-refractivity contribution in [2.45, 2.75) is 34.1 Å². The molecule has 0 unspecified atom stereocenters. The largest absolute Gasteiger partial charge is 0.358 e. The normalized spacial score (nSPS) is 7.89. The lowest BCUT2D eigenvalue weighted by molar-refractivity contribution is -0.127. The van der Waals surface area contributed by atoms with Gasteiger partial charge in [0.1, 0.15) is 0 Å². The van der Waals surface area contributed by atoms with E-state index in [-0.39, 0.29) is 25.5 Å². The van der Waals surface area contributed by atoms with Crippen molar-refractivity contribution in [3.8, 4) is 0 Å². The van der Waals surface area contributed by atoms with Crippen molar-refractivity contribution in [2.24, 2.45) is 5.73 Å². The van der Waals surface area contributed by atoms with Crippen molar-refractivity contribution in [3.05, 3.63) is 0 Å². The zero-order valence-corrected chi connectivity index (χ0v) is 12.6. The summed E-state index contributed by atoms with van der Waals surface area (Å²) in [6.07, 6.45) is 1.25. The van der Waals surface area contributed by atoms with E-state index in [2.05, 4.69) is 29.8 Å². The topological polar surface area (TPSA) is 113 Å². The van der Waals surface area contributed by atoms with Crippen LogP contribution in [0.1, 0.15) is 34.1 Å². The Hall–Kier alpha value is -1.63. The smallest absolute Gasteiger partial charge is 0.239 e. The maximum atomic E-state index is 10.9. The van der Waals surface area contributed by atoms with Gasteiger partial charge in [0.05, 0.1) is 19.6 Å². The molecule has 0 aliphatic heterocycles. The summed E-state index contributed by atoms with van der Waals surface area (Å²) in [5.74, 6) is -1.15. The lowest BCUT2D eigenvalue weighted by Crippen LogP contribution is -2.42. The fourth-order valence-corrected chi connectivity index (χ4v) is 0.581. The van der Waals surface area contributed by atoms with Gasteiger partial charge in [-0.1, -0.05) is 34.1 Å². The minimum atomic E-state index is -0.435. The third-order valence-corrected chi connectivity index (χ3v) is 1.36. The fraction of sp³-hybridized carbons (Fsp3) is 0.750. The molecular weight excluding hydrogens is 248 g/mol. The number of carbonyl (C=O) groups excluding carboxylic acids is 3.